The number of allylic oxidation sites excluding steroid dienone is 1. The highest BCUT2D eigenvalue weighted by atomic mass is 32.2. The summed E-state index contributed by atoms with van der Waals surface area (Å²) in [5.74, 6) is -2.67. The third kappa shape index (κ3) is 9.05. The molecule has 2 aromatic carbocycles. The number of carbonyl (C=O) groups is 5. The molecule has 0 aromatic heterocycles. The van der Waals surface area contributed by atoms with E-state index in [1.807, 2.05) is 36.4 Å². The minimum Gasteiger partial charge on any atom is -0.495 e. The van der Waals surface area contributed by atoms with E-state index in [9.17, 15) is 32.4 Å². The minimum absolute atomic E-state index is 0.0402. The van der Waals surface area contributed by atoms with Gasteiger partial charge in [0.15, 0.2) is 0 Å². The van der Waals surface area contributed by atoms with E-state index < -0.39 is 69.6 Å². The Labute approximate surface area is 332 Å². The number of carbonyl (C=O) groups excluding carboxylic acids is 5. The van der Waals surface area contributed by atoms with Crippen LogP contribution in [0.15, 0.2) is 65.6 Å². The molecule has 2 saturated carbocycles. The Bertz CT molecular complexity index is 2000. The van der Waals surface area contributed by atoms with E-state index in [-0.39, 0.29) is 36.1 Å². The minimum atomic E-state index is -4.43. The second kappa shape index (κ2) is 17.2. The number of ether oxygens (including phenoxy) is 3. The van der Waals surface area contributed by atoms with Crippen molar-refractivity contribution in [1.29, 1.82) is 0 Å². The van der Waals surface area contributed by atoms with Crippen molar-refractivity contribution in [3.63, 3.8) is 0 Å². The largest absolute Gasteiger partial charge is 0.495 e. The normalized spacial score (nSPS) is 26.8. The molecule has 57 heavy (non-hydrogen) atoms. The van der Waals surface area contributed by atoms with Crippen LogP contribution < -0.4 is 20.1 Å². The molecule has 3 aliphatic heterocycles. The van der Waals surface area contributed by atoms with E-state index in [2.05, 4.69) is 15.4 Å². The molecule has 0 spiro atoms. The quantitative estimate of drug-likeness (QED) is 0.344. The number of amides is 5. The number of hydrogen-bond donors (Lipinski definition) is 3. The van der Waals surface area contributed by atoms with Crippen molar-refractivity contribution in [1.82, 2.24) is 25.2 Å². The van der Waals surface area contributed by atoms with Gasteiger partial charge in [-0.15, -0.1) is 0 Å². The monoisotopic (exact) mass is 805 g/mol. The number of methoxy groups -OCH3 is 1. The standard InChI is InChI=1S/C41H51N5O10S/c1-54-34-19-11-12-20-35(34)57(52,53)44-38(49)41-24-29(41)15-5-3-2-4-6-18-32(42-39(50)55-30-16-9-10-17-30)37(48)46-26-31(23-33(46)36(47)43-41)56-40(51)45-22-21-27-13-7-8-14-28(27)25-45/h5,7-8,11-15,19-20,29-33H,2-4,6,9-10,16-18,21-26H2,1H3,(H,42,50)(H,43,47)(H,44,49)/t29-,31-,32+,33+,41-/m1/s1. The van der Waals surface area contributed by atoms with Gasteiger partial charge in [-0.2, -0.15) is 0 Å². The van der Waals surface area contributed by atoms with E-state index in [0.29, 0.717) is 38.8 Å². The van der Waals surface area contributed by atoms with Gasteiger partial charge in [0, 0.05) is 25.4 Å². The smallest absolute Gasteiger partial charge is 0.410 e. The van der Waals surface area contributed by atoms with Gasteiger partial charge < -0.3 is 34.6 Å². The number of nitrogens with zero attached hydrogens (tertiary/aromatic N) is 2. The first-order chi connectivity index (χ1) is 27.5. The number of rotatable bonds is 7. The third-order valence-corrected chi connectivity index (χ3v) is 13.1. The molecule has 3 heterocycles. The van der Waals surface area contributed by atoms with Crippen molar-refractivity contribution >= 4 is 39.9 Å². The van der Waals surface area contributed by atoms with E-state index in [1.54, 1.807) is 11.0 Å². The highest BCUT2D eigenvalue weighted by Gasteiger charge is 2.62. The SMILES string of the molecule is COc1ccccc1S(=O)(=O)NC(=O)[C@@]12C[C@H]1C=CCCCCC[C@H](NC(=O)OC1CCCC1)C(=O)N1C[C@H](OC(=O)N3CCc4ccccc4C3)C[C@H]1C(=O)N2. The van der Waals surface area contributed by atoms with Gasteiger partial charge in [-0.1, -0.05) is 61.4 Å². The summed E-state index contributed by atoms with van der Waals surface area (Å²) in [6, 6.07) is 11.5. The summed E-state index contributed by atoms with van der Waals surface area (Å²) in [5, 5.41) is 5.60. The molecular weight excluding hydrogens is 755 g/mol. The van der Waals surface area contributed by atoms with Gasteiger partial charge in [-0.25, -0.2) is 22.7 Å². The summed E-state index contributed by atoms with van der Waals surface area (Å²) in [4.78, 5) is 72.3. The van der Waals surface area contributed by atoms with E-state index in [4.69, 9.17) is 14.2 Å². The first-order valence-corrected chi connectivity index (χ1v) is 21.4. The second-order valence-corrected chi connectivity index (χ2v) is 17.3. The Balaban J connectivity index is 1.14. The molecule has 2 aromatic rings. The van der Waals surface area contributed by atoms with Crippen LogP contribution >= 0.6 is 0 Å². The average molecular weight is 806 g/mol. The maximum Gasteiger partial charge on any atom is 0.410 e. The Kier molecular flexibility index (Phi) is 12.1. The van der Waals surface area contributed by atoms with Crippen molar-refractivity contribution < 1.29 is 46.6 Å². The number of benzene rings is 2. The lowest BCUT2D eigenvalue weighted by Crippen LogP contribution is -2.58. The molecule has 15 nitrogen and oxygen atoms in total. The number of fused-ring (bicyclic) bond motifs is 3. The molecule has 0 unspecified atom stereocenters. The van der Waals surface area contributed by atoms with Crippen LogP contribution in [0, 0.1) is 5.92 Å². The van der Waals surface area contributed by atoms with Gasteiger partial charge >= 0.3 is 12.2 Å². The molecule has 3 fully saturated rings. The molecule has 3 N–H and O–H groups in total. The molecule has 5 aliphatic rings. The van der Waals surface area contributed by atoms with Crippen molar-refractivity contribution in [2.75, 3.05) is 20.2 Å². The summed E-state index contributed by atoms with van der Waals surface area (Å²) in [7, 11) is -3.11. The predicted molar refractivity (Wildman–Crippen MR) is 206 cm³/mol. The lowest BCUT2D eigenvalue weighted by Gasteiger charge is -2.30. The van der Waals surface area contributed by atoms with Crippen LogP contribution in [0.1, 0.15) is 81.8 Å². The van der Waals surface area contributed by atoms with Gasteiger partial charge in [0.05, 0.1) is 13.7 Å². The Hall–Kier alpha value is -5.12. The van der Waals surface area contributed by atoms with Gasteiger partial charge in [0.1, 0.15) is 40.5 Å². The first kappa shape index (κ1) is 40.1. The summed E-state index contributed by atoms with van der Waals surface area (Å²) in [5.41, 5.74) is 0.524. The highest BCUT2D eigenvalue weighted by molar-refractivity contribution is 7.90. The van der Waals surface area contributed by atoms with Crippen LogP contribution in [0.3, 0.4) is 0 Å². The molecule has 0 bridgehead atoms. The summed E-state index contributed by atoms with van der Waals surface area (Å²) >= 11 is 0. The summed E-state index contributed by atoms with van der Waals surface area (Å²) < 4.78 is 46.0. The van der Waals surface area contributed by atoms with Crippen LogP contribution in [0.2, 0.25) is 0 Å². The zero-order chi connectivity index (χ0) is 40.2. The van der Waals surface area contributed by atoms with E-state index >= 15 is 0 Å². The maximum atomic E-state index is 14.5. The van der Waals surface area contributed by atoms with Gasteiger partial charge in [0.25, 0.3) is 15.9 Å². The van der Waals surface area contributed by atoms with Gasteiger partial charge in [0.2, 0.25) is 11.8 Å². The fourth-order valence-electron chi connectivity index (χ4n) is 8.48. The fraction of sp³-hybridized carbons (Fsp3) is 0.537. The van der Waals surface area contributed by atoms with Crippen LogP contribution in [-0.4, -0.2) is 98.2 Å². The zero-order valence-electron chi connectivity index (χ0n) is 32.2. The molecule has 0 radical (unpaired) electrons. The number of hydrogen-bond acceptors (Lipinski definition) is 10. The van der Waals surface area contributed by atoms with Crippen molar-refractivity contribution in [3.05, 3.63) is 71.8 Å². The van der Waals surface area contributed by atoms with Gasteiger partial charge in [-0.3, -0.25) is 14.4 Å². The Morgan fingerprint density at radius 1 is 0.895 bits per heavy atom. The van der Waals surface area contributed by atoms with E-state index in [0.717, 1.165) is 49.7 Å². The number of sulfonamides is 1. The maximum absolute atomic E-state index is 14.5. The lowest BCUT2D eigenvalue weighted by molar-refractivity contribution is -0.141. The van der Waals surface area contributed by atoms with Crippen LogP contribution in [0.5, 0.6) is 5.75 Å². The summed E-state index contributed by atoms with van der Waals surface area (Å²) in [6.07, 6.45) is 8.48. The number of alkyl carbamates (subject to hydrolysis) is 1. The predicted octanol–water partition coefficient (Wildman–Crippen LogP) is 4.10. The second-order valence-electron chi connectivity index (χ2n) is 15.6. The Morgan fingerprint density at radius 2 is 1.63 bits per heavy atom. The molecule has 1 saturated heterocycles. The number of nitrogens with one attached hydrogen (secondary N) is 3. The molecule has 7 rings (SSSR count). The van der Waals surface area contributed by atoms with Crippen LogP contribution in [0.4, 0.5) is 9.59 Å². The van der Waals surface area contributed by atoms with Crippen molar-refractivity contribution in [2.45, 2.75) is 118 Å². The van der Waals surface area contributed by atoms with Crippen LogP contribution in [0.25, 0.3) is 0 Å². The van der Waals surface area contributed by atoms with Gasteiger partial charge in [-0.05, 0) is 81.0 Å². The third-order valence-electron chi connectivity index (χ3n) is 11.8. The molecule has 2 aliphatic carbocycles. The highest BCUT2D eigenvalue weighted by Crippen LogP contribution is 2.46. The van der Waals surface area contributed by atoms with Crippen LogP contribution in [-0.2, 0) is 46.8 Å². The fourth-order valence-corrected chi connectivity index (χ4v) is 9.69. The molecule has 306 valence electrons. The molecule has 5 amide bonds. The average Bonchev–Trinajstić information content (AvgIpc) is 3.46. The first-order valence-electron chi connectivity index (χ1n) is 20.0. The molecule has 5 atom stereocenters. The topological polar surface area (TPSA) is 190 Å². The zero-order valence-corrected chi connectivity index (χ0v) is 33.0. The van der Waals surface area contributed by atoms with E-state index in [1.165, 1.54) is 30.2 Å². The number of para-hydroxylation sites is 1. The summed E-state index contributed by atoms with van der Waals surface area (Å²) in [6.45, 7) is 0.663. The molecular formula is C41H51N5O10S. The molecule has 16 heteroatoms. The lowest BCUT2D eigenvalue weighted by atomic mass is 10.0. The van der Waals surface area contributed by atoms with Crippen molar-refractivity contribution in [2.24, 2.45) is 5.92 Å². The van der Waals surface area contributed by atoms with Crippen molar-refractivity contribution in [3.8, 4) is 5.75 Å². The Morgan fingerprint density at radius 3 is 2.42 bits per heavy atom.